The van der Waals surface area contributed by atoms with Crippen molar-refractivity contribution in [2.24, 2.45) is 0 Å². The van der Waals surface area contributed by atoms with Crippen LogP contribution >= 0.6 is 28.3 Å². The maximum absolute atomic E-state index is 12.2. The van der Waals surface area contributed by atoms with Gasteiger partial charge in [-0.05, 0) is 40.5 Å². The van der Waals surface area contributed by atoms with Crippen LogP contribution < -0.4 is 10.1 Å². The molecule has 1 aliphatic rings. The summed E-state index contributed by atoms with van der Waals surface area (Å²) in [5.74, 6) is 0.970. The fourth-order valence-electron chi connectivity index (χ4n) is 2.27. The third-order valence-corrected chi connectivity index (χ3v) is 3.91. The molecule has 0 radical (unpaired) electrons. The van der Waals surface area contributed by atoms with E-state index in [-0.39, 0.29) is 18.3 Å². The van der Waals surface area contributed by atoms with Crippen molar-refractivity contribution in [2.45, 2.75) is 19.4 Å². The van der Waals surface area contributed by atoms with Crippen molar-refractivity contribution in [3.05, 3.63) is 28.2 Å². The van der Waals surface area contributed by atoms with Crippen LogP contribution in [-0.2, 0) is 11.2 Å². The van der Waals surface area contributed by atoms with Crippen LogP contribution in [0.15, 0.2) is 22.7 Å². The highest BCUT2D eigenvalue weighted by Gasteiger charge is 2.20. The number of nitrogens with one attached hydrogen (secondary N) is 1. The molecule has 112 valence electrons. The third-order valence-electron chi connectivity index (χ3n) is 3.29. The average molecular weight is 364 g/mol. The van der Waals surface area contributed by atoms with E-state index >= 15 is 0 Å². The minimum absolute atomic E-state index is 0. The number of hydrogen-bond acceptors (Lipinski definition) is 3. The van der Waals surface area contributed by atoms with Gasteiger partial charge in [-0.3, -0.25) is 4.79 Å². The highest BCUT2D eigenvalue weighted by Crippen LogP contribution is 2.25. The zero-order valence-electron chi connectivity index (χ0n) is 11.7. The van der Waals surface area contributed by atoms with Gasteiger partial charge in [-0.1, -0.05) is 6.07 Å². The lowest BCUT2D eigenvalue weighted by Gasteiger charge is -2.32. The number of piperazine rings is 1. The Morgan fingerprint density at radius 3 is 2.90 bits per heavy atom. The summed E-state index contributed by atoms with van der Waals surface area (Å²) < 4.78 is 6.07. The molecule has 1 fully saturated rings. The molecule has 0 saturated carbocycles. The second-order valence-electron chi connectivity index (χ2n) is 4.84. The van der Waals surface area contributed by atoms with Gasteiger partial charge < -0.3 is 15.0 Å². The molecule has 0 unspecified atom stereocenters. The van der Waals surface area contributed by atoms with E-state index < -0.39 is 0 Å². The summed E-state index contributed by atoms with van der Waals surface area (Å²) in [4.78, 5) is 14.2. The standard InChI is InChI=1S/C14H19BrN2O2.ClH/c1-10-9-17(6-5-16-10)14(18)8-11-3-4-13(19-2)12(15)7-11;/h3-4,7,10,16H,5-6,8-9H2,1-2H3;1H/t10-;/m0./s1. The topological polar surface area (TPSA) is 41.6 Å². The molecule has 4 nitrogen and oxygen atoms in total. The zero-order chi connectivity index (χ0) is 13.8. The number of methoxy groups -OCH3 is 1. The Morgan fingerprint density at radius 2 is 2.30 bits per heavy atom. The summed E-state index contributed by atoms with van der Waals surface area (Å²) in [6.45, 7) is 4.55. The van der Waals surface area contributed by atoms with Gasteiger partial charge in [0.05, 0.1) is 18.0 Å². The smallest absolute Gasteiger partial charge is 0.227 e. The lowest BCUT2D eigenvalue weighted by Crippen LogP contribution is -2.51. The molecule has 0 aliphatic carbocycles. The molecule has 1 aromatic rings. The lowest BCUT2D eigenvalue weighted by molar-refractivity contribution is -0.131. The van der Waals surface area contributed by atoms with E-state index in [2.05, 4.69) is 28.2 Å². The van der Waals surface area contributed by atoms with Crippen LogP contribution in [0.3, 0.4) is 0 Å². The minimum atomic E-state index is 0. The monoisotopic (exact) mass is 362 g/mol. The molecule has 1 amide bonds. The van der Waals surface area contributed by atoms with Gasteiger partial charge in [0.25, 0.3) is 0 Å². The Balaban J connectivity index is 0.00000200. The van der Waals surface area contributed by atoms with E-state index in [0.717, 1.165) is 35.4 Å². The largest absolute Gasteiger partial charge is 0.496 e. The second kappa shape index (κ2) is 7.86. The number of rotatable bonds is 3. The first-order valence-electron chi connectivity index (χ1n) is 6.43. The van der Waals surface area contributed by atoms with Crippen LogP contribution in [0.2, 0.25) is 0 Å². The van der Waals surface area contributed by atoms with Crippen molar-refractivity contribution in [1.82, 2.24) is 10.2 Å². The Morgan fingerprint density at radius 1 is 1.55 bits per heavy atom. The molecule has 0 spiro atoms. The van der Waals surface area contributed by atoms with Crippen LogP contribution in [0, 0.1) is 0 Å². The molecule has 6 heteroatoms. The molecule has 1 aliphatic heterocycles. The normalized spacial score (nSPS) is 18.4. The van der Waals surface area contributed by atoms with Gasteiger partial charge in [-0.2, -0.15) is 0 Å². The number of nitrogens with zero attached hydrogens (tertiary/aromatic N) is 1. The van der Waals surface area contributed by atoms with E-state index in [1.54, 1.807) is 7.11 Å². The maximum Gasteiger partial charge on any atom is 0.227 e. The quantitative estimate of drug-likeness (QED) is 0.895. The van der Waals surface area contributed by atoms with Crippen LogP contribution in [-0.4, -0.2) is 43.6 Å². The van der Waals surface area contributed by atoms with Crippen molar-refractivity contribution in [3.8, 4) is 5.75 Å². The predicted octanol–water partition coefficient (Wildman–Crippen LogP) is 2.24. The Labute approximate surface area is 134 Å². The summed E-state index contributed by atoms with van der Waals surface area (Å²) in [5.41, 5.74) is 1.00. The number of carbonyl (C=O) groups excluding carboxylic acids is 1. The molecule has 0 bridgehead atoms. The molecule has 1 aromatic carbocycles. The van der Waals surface area contributed by atoms with Gasteiger partial charge in [-0.25, -0.2) is 0 Å². The lowest BCUT2D eigenvalue weighted by atomic mass is 10.1. The molecule has 1 heterocycles. The summed E-state index contributed by atoms with van der Waals surface area (Å²) in [6, 6.07) is 6.14. The SMILES string of the molecule is COc1ccc(CC(=O)N2CCN[C@@H](C)C2)cc1Br.Cl. The predicted molar refractivity (Wildman–Crippen MR) is 85.7 cm³/mol. The van der Waals surface area contributed by atoms with Crippen LogP contribution in [0.5, 0.6) is 5.75 Å². The number of hydrogen-bond donors (Lipinski definition) is 1. The van der Waals surface area contributed by atoms with Gasteiger partial charge in [-0.15, -0.1) is 12.4 Å². The molecular formula is C14H20BrClN2O2. The number of benzene rings is 1. The van der Waals surface area contributed by atoms with Gasteiger partial charge in [0.1, 0.15) is 5.75 Å². The Hall–Kier alpha value is -0.780. The molecule has 1 N–H and O–H groups in total. The molecular weight excluding hydrogens is 344 g/mol. The molecule has 1 atom stereocenters. The maximum atomic E-state index is 12.2. The number of amides is 1. The van der Waals surface area contributed by atoms with Gasteiger partial charge in [0, 0.05) is 25.7 Å². The van der Waals surface area contributed by atoms with Gasteiger partial charge >= 0.3 is 0 Å². The van der Waals surface area contributed by atoms with Gasteiger partial charge in [0.2, 0.25) is 5.91 Å². The van der Waals surface area contributed by atoms with Crippen LogP contribution in [0.25, 0.3) is 0 Å². The molecule has 2 rings (SSSR count). The minimum Gasteiger partial charge on any atom is -0.496 e. The fraction of sp³-hybridized carbons (Fsp3) is 0.500. The van der Waals surface area contributed by atoms with Gasteiger partial charge in [0.15, 0.2) is 0 Å². The second-order valence-corrected chi connectivity index (χ2v) is 5.69. The van der Waals surface area contributed by atoms with Crippen molar-refractivity contribution in [3.63, 3.8) is 0 Å². The number of carbonyl (C=O) groups is 1. The van der Waals surface area contributed by atoms with Crippen LogP contribution in [0.4, 0.5) is 0 Å². The first kappa shape index (κ1) is 17.3. The van der Waals surface area contributed by atoms with E-state index in [4.69, 9.17) is 4.74 Å². The summed E-state index contributed by atoms with van der Waals surface area (Å²) in [7, 11) is 1.63. The summed E-state index contributed by atoms with van der Waals surface area (Å²) in [5, 5.41) is 3.34. The fourth-order valence-corrected chi connectivity index (χ4v) is 2.85. The molecule has 20 heavy (non-hydrogen) atoms. The summed E-state index contributed by atoms with van der Waals surface area (Å²) in [6.07, 6.45) is 0.440. The van der Waals surface area contributed by atoms with Crippen molar-refractivity contribution < 1.29 is 9.53 Å². The van der Waals surface area contributed by atoms with E-state index in [1.165, 1.54) is 0 Å². The molecule has 1 saturated heterocycles. The average Bonchev–Trinajstić information content (AvgIpc) is 2.39. The van der Waals surface area contributed by atoms with Crippen LogP contribution in [0.1, 0.15) is 12.5 Å². The first-order chi connectivity index (χ1) is 9.10. The van der Waals surface area contributed by atoms with E-state index in [1.807, 2.05) is 23.1 Å². The molecule has 0 aromatic heterocycles. The van der Waals surface area contributed by atoms with Crippen molar-refractivity contribution in [1.29, 1.82) is 0 Å². The number of ether oxygens (including phenoxy) is 1. The number of halogens is 2. The zero-order valence-corrected chi connectivity index (χ0v) is 14.1. The highest BCUT2D eigenvalue weighted by atomic mass is 79.9. The summed E-state index contributed by atoms with van der Waals surface area (Å²) >= 11 is 3.44. The van der Waals surface area contributed by atoms with E-state index in [0.29, 0.717) is 12.5 Å². The first-order valence-corrected chi connectivity index (χ1v) is 7.23. The van der Waals surface area contributed by atoms with E-state index in [9.17, 15) is 4.79 Å². The van der Waals surface area contributed by atoms with Crippen molar-refractivity contribution in [2.75, 3.05) is 26.7 Å². The van der Waals surface area contributed by atoms with Crippen molar-refractivity contribution >= 4 is 34.2 Å². The highest BCUT2D eigenvalue weighted by molar-refractivity contribution is 9.10. The third kappa shape index (κ3) is 4.36. The Kier molecular flexibility index (Phi) is 6.79. The Bertz CT molecular complexity index is 470.